The molecule has 1 N–H and O–H groups in total. The topological polar surface area (TPSA) is 70.3 Å². The fourth-order valence-corrected chi connectivity index (χ4v) is 4.08. The first-order valence-electron chi connectivity index (χ1n) is 8.73. The number of carbonyl (C=O) groups excluding carboxylic acids is 1. The molecule has 0 saturated heterocycles. The number of aliphatic hydroxyl groups is 1. The van der Waals surface area contributed by atoms with Gasteiger partial charge in [-0.05, 0) is 37.0 Å². The lowest BCUT2D eigenvalue weighted by molar-refractivity contribution is -0.170. The molecule has 4 nitrogen and oxygen atoms in total. The van der Waals surface area contributed by atoms with Crippen LogP contribution in [0.4, 0.5) is 0 Å². The van der Waals surface area contributed by atoms with Crippen LogP contribution in [0.25, 0.3) is 0 Å². The third kappa shape index (κ3) is 3.61. The molecule has 0 radical (unpaired) electrons. The number of allylic oxidation sites excluding steroid dienone is 1. The number of hydrogen-bond donors (Lipinski definition) is 1. The van der Waals surface area contributed by atoms with E-state index in [4.69, 9.17) is 4.74 Å². The summed E-state index contributed by atoms with van der Waals surface area (Å²) >= 11 is 0. The Morgan fingerprint density at radius 1 is 1.43 bits per heavy atom. The van der Waals surface area contributed by atoms with Crippen LogP contribution in [0.5, 0.6) is 0 Å². The van der Waals surface area contributed by atoms with E-state index in [9.17, 15) is 15.2 Å². The first-order valence-corrected chi connectivity index (χ1v) is 8.73. The van der Waals surface area contributed by atoms with Gasteiger partial charge in [-0.1, -0.05) is 39.3 Å². The maximum Gasteiger partial charge on any atom is 0.314 e. The number of aliphatic hydroxyl groups excluding tert-OH is 1. The van der Waals surface area contributed by atoms with Gasteiger partial charge in [0, 0.05) is 6.42 Å². The van der Waals surface area contributed by atoms with E-state index in [1.807, 2.05) is 13.8 Å². The number of nitriles is 1. The van der Waals surface area contributed by atoms with Crippen LogP contribution < -0.4 is 0 Å². The second kappa shape index (κ2) is 7.05. The van der Waals surface area contributed by atoms with Crippen LogP contribution in [-0.2, 0) is 9.53 Å². The van der Waals surface area contributed by atoms with Crippen molar-refractivity contribution in [3.63, 3.8) is 0 Å². The third-order valence-electron chi connectivity index (χ3n) is 5.48. The molecule has 0 fully saturated rings. The molecular weight excluding hydrogens is 290 g/mol. The third-order valence-corrected chi connectivity index (χ3v) is 5.48. The van der Waals surface area contributed by atoms with Crippen LogP contribution in [0.15, 0.2) is 11.6 Å². The quantitative estimate of drug-likeness (QED) is 0.601. The number of carbonyl (C=O) groups is 1. The van der Waals surface area contributed by atoms with E-state index in [1.54, 1.807) is 0 Å². The molecule has 4 heteroatoms. The first kappa shape index (κ1) is 18.0. The van der Waals surface area contributed by atoms with E-state index >= 15 is 0 Å². The Hall–Kier alpha value is -1.34. The molecule has 2 bridgehead atoms. The van der Waals surface area contributed by atoms with Gasteiger partial charge in [-0.25, -0.2) is 0 Å². The number of hydrogen-bond acceptors (Lipinski definition) is 4. The van der Waals surface area contributed by atoms with Crippen LogP contribution in [0, 0.1) is 40.4 Å². The molecule has 4 unspecified atom stereocenters. The number of fused-ring (bicyclic) bond motifs is 1. The summed E-state index contributed by atoms with van der Waals surface area (Å²) in [7, 11) is 0. The Morgan fingerprint density at radius 2 is 2.13 bits per heavy atom. The maximum atomic E-state index is 12.9. The van der Waals surface area contributed by atoms with Gasteiger partial charge in [0.15, 0.2) is 0 Å². The zero-order valence-corrected chi connectivity index (χ0v) is 14.7. The molecule has 0 aromatic heterocycles. The summed E-state index contributed by atoms with van der Waals surface area (Å²) in [4.78, 5) is 12.9. The average molecular weight is 319 g/mol. The van der Waals surface area contributed by atoms with E-state index in [0.29, 0.717) is 12.3 Å². The molecule has 23 heavy (non-hydrogen) atoms. The number of esters is 1. The highest BCUT2D eigenvalue weighted by molar-refractivity contribution is 5.77. The molecule has 0 aromatic rings. The fourth-order valence-electron chi connectivity index (χ4n) is 4.08. The van der Waals surface area contributed by atoms with Gasteiger partial charge in [-0.2, -0.15) is 5.26 Å². The molecule has 128 valence electrons. The minimum atomic E-state index is -0.826. The highest BCUT2D eigenvalue weighted by atomic mass is 16.5. The summed E-state index contributed by atoms with van der Waals surface area (Å²) in [6.07, 6.45) is 4.95. The van der Waals surface area contributed by atoms with Gasteiger partial charge in [0.25, 0.3) is 0 Å². The Labute approximate surface area is 139 Å². The van der Waals surface area contributed by atoms with Gasteiger partial charge >= 0.3 is 5.97 Å². The molecule has 2 aliphatic carbocycles. The van der Waals surface area contributed by atoms with Gasteiger partial charge in [0.2, 0.25) is 0 Å². The van der Waals surface area contributed by atoms with Crippen molar-refractivity contribution >= 4 is 5.97 Å². The maximum absolute atomic E-state index is 12.9. The predicted molar refractivity (Wildman–Crippen MR) is 88.2 cm³/mol. The predicted octanol–water partition coefficient (Wildman–Crippen LogP) is 3.46. The zero-order chi connectivity index (χ0) is 17.2. The lowest BCUT2D eigenvalue weighted by atomic mass is 9.72. The first-order chi connectivity index (χ1) is 10.8. The summed E-state index contributed by atoms with van der Waals surface area (Å²) in [6, 6.07) is 2.36. The molecule has 0 saturated carbocycles. The second-order valence-corrected chi connectivity index (χ2v) is 7.96. The summed E-state index contributed by atoms with van der Waals surface area (Å²) in [5.41, 5.74) is 0.418. The smallest absolute Gasteiger partial charge is 0.314 e. The molecule has 2 aliphatic rings. The van der Waals surface area contributed by atoms with E-state index in [0.717, 1.165) is 19.3 Å². The molecule has 0 aromatic carbocycles. The van der Waals surface area contributed by atoms with E-state index in [-0.39, 0.29) is 36.4 Å². The normalized spacial score (nSPS) is 29.1. The lowest BCUT2D eigenvalue weighted by Gasteiger charge is -2.37. The minimum absolute atomic E-state index is 0.0220. The Morgan fingerprint density at radius 3 is 2.65 bits per heavy atom. The molecule has 0 aliphatic heterocycles. The molecular formula is C19H29NO3. The van der Waals surface area contributed by atoms with Crippen molar-refractivity contribution in [1.29, 1.82) is 5.26 Å². The summed E-state index contributed by atoms with van der Waals surface area (Å²) in [5, 5.41) is 19.1. The van der Waals surface area contributed by atoms with Crippen molar-refractivity contribution in [2.24, 2.45) is 29.1 Å². The van der Waals surface area contributed by atoms with Crippen molar-refractivity contribution < 1.29 is 14.6 Å². The molecule has 0 heterocycles. The van der Waals surface area contributed by atoms with Crippen LogP contribution in [-0.4, -0.2) is 23.8 Å². The van der Waals surface area contributed by atoms with Crippen molar-refractivity contribution in [3.8, 4) is 6.07 Å². The van der Waals surface area contributed by atoms with Gasteiger partial charge in [-0.3, -0.25) is 4.79 Å². The van der Waals surface area contributed by atoms with Crippen molar-refractivity contribution in [2.75, 3.05) is 6.61 Å². The monoisotopic (exact) mass is 319 g/mol. The van der Waals surface area contributed by atoms with Crippen LogP contribution in [0.2, 0.25) is 0 Å². The number of nitrogens with zero attached hydrogens (tertiary/aromatic N) is 1. The van der Waals surface area contributed by atoms with E-state index in [2.05, 4.69) is 26.0 Å². The second-order valence-electron chi connectivity index (χ2n) is 7.96. The number of rotatable bonds is 6. The van der Waals surface area contributed by atoms with Gasteiger partial charge in [0.1, 0.15) is 6.10 Å². The molecule has 4 atom stereocenters. The summed E-state index contributed by atoms with van der Waals surface area (Å²) in [5.74, 6) is 0.314. The van der Waals surface area contributed by atoms with Crippen LogP contribution >= 0.6 is 0 Å². The van der Waals surface area contributed by atoms with Crippen molar-refractivity contribution in [2.45, 2.75) is 59.5 Å². The standard InChI is InChI=1S/C19H29NO3/c1-12(2)9-19(11-21,13(3)4)18(22)23-17-7-14-5-15(8-17)16(6-14)10-20/h5,12-13,15-17,21H,6-9,11H2,1-4H3. The van der Waals surface area contributed by atoms with Crippen LogP contribution in [0.3, 0.4) is 0 Å². The summed E-state index contributed by atoms with van der Waals surface area (Å²) < 4.78 is 5.83. The SMILES string of the molecule is CC(C)CC(CO)(C(=O)OC1CC2=CC(C1)C(C#N)C2)C(C)C. The Balaban J connectivity index is 2.08. The van der Waals surface area contributed by atoms with E-state index < -0.39 is 5.41 Å². The Bertz CT molecular complexity index is 517. The molecule has 2 rings (SSSR count). The fraction of sp³-hybridized carbons (Fsp3) is 0.789. The lowest BCUT2D eigenvalue weighted by Crippen LogP contribution is -2.44. The van der Waals surface area contributed by atoms with Gasteiger partial charge in [-0.15, -0.1) is 0 Å². The highest BCUT2D eigenvalue weighted by Crippen LogP contribution is 2.43. The van der Waals surface area contributed by atoms with Crippen molar-refractivity contribution in [1.82, 2.24) is 0 Å². The zero-order valence-electron chi connectivity index (χ0n) is 14.7. The van der Waals surface area contributed by atoms with E-state index in [1.165, 1.54) is 5.57 Å². The number of ether oxygens (including phenoxy) is 1. The van der Waals surface area contributed by atoms with Gasteiger partial charge < -0.3 is 9.84 Å². The Kier molecular flexibility index (Phi) is 5.52. The molecule has 0 amide bonds. The average Bonchev–Trinajstić information content (AvgIpc) is 2.78. The summed E-state index contributed by atoms with van der Waals surface area (Å²) in [6.45, 7) is 7.88. The van der Waals surface area contributed by atoms with Crippen LogP contribution in [0.1, 0.15) is 53.4 Å². The largest absolute Gasteiger partial charge is 0.462 e. The molecule has 0 spiro atoms. The van der Waals surface area contributed by atoms with Crippen molar-refractivity contribution in [3.05, 3.63) is 11.6 Å². The highest BCUT2D eigenvalue weighted by Gasteiger charge is 2.45. The van der Waals surface area contributed by atoms with Gasteiger partial charge in [0.05, 0.1) is 24.0 Å². The minimum Gasteiger partial charge on any atom is -0.462 e.